The van der Waals surface area contributed by atoms with E-state index in [2.05, 4.69) is 17.4 Å². The maximum atomic E-state index is 12.3. The number of fused-ring (bicyclic) bond motifs is 1. The third-order valence-electron chi connectivity index (χ3n) is 6.27. The van der Waals surface area contributed by atoms with Crippen molar-refractivity contribution in [2.24, 2.45) is 0 Å². The predicted octanol–water partition coefficient (Wildman–Crippen LogP) is 3.25. The molecule has 0 saturated carbocycles. The van der Waals surface area contributed by atoms with Gasteiger partial charge in [0.15, 0.2) is 6.61 Å². The van der Waals surface area contributed by atoms with Crippen LogP contribution in [0.25, 0.3) is 0 Å². The summed E-state index contributed by atoms with van der Waals surface area (Å²) in [4.78, 5) is 49.3. The lowest BCUT2D eigenvalue weighted by Crippen LogP contribution is -2.31. The first-order chi connectivity index (χ1) is 15.9. The lowest BCUT2D eigenvalue weighted by atomic mass is 9.89. The van der Waals surface area contributed by atoms with Gasteiger partial charge in [-0.2, -0.15) is 0 Å². The van der Waals surface area contributed by atoms with Crippen LogP contribution in [-0.2, 0) is 38.5 Å². The molecule has 1 unspecified atom stereocenters. The molecule has 0 bridgehead atoms. The Hall–Kier alpha value is -3.48. The molecule has 0 aromatic heterocycles. The Morgan fingerprint density at radius 1 is 0.939 bits per heavy atom. The lowest BCUT2D eigenvalue weighted by Gasteiger charge is -2.20. The van der Waals surface area contributed by atoms with Crippen LogP contribution in [0.3, 0.4) is 0 Å². The van der Waals surface area contributed by atoms with Crippen molar-refractivity contribution < 1.29 is 23.9 Å². The Labute approximate surface area is 193 Å². The van der Waals surface area contributed by atoms with E-state index in [9.17, 15) is 19.2 Å². The largest absolute Gasteiger partial charge is 0.452 e. The molecule has 4 rings (SSSR count). The smallest absolute Gasteiger partial charge is 0.338 e. The molecule has 0 radical (unpaired) electrons. The summed E-state index contributed by atoms with van der Waals surface area (Å²) in [6.07, 6.45) is 5.10. The Morgan fingerprint density at radius 3 is 2.30 bits per heavy atom. The van der Waals surface area contributed by atoms with Crippen molar-refractivity contribution in [3.63, 3.8) is 0 Å². The number of likely N-dealkylation sites (tertiary alicyclic amines) is 1. The van der Waals surface area contributed by atoms with Gasteiger partial charge in [-0.1, -0.05) is 30.3 Å². The summed E-state index contributed by atoms with van der Waals surface area (Å²) in [6.45, 7) is 1.74. The fourth-order valence-electron chi connectivity index (χ4n) is 4.33. The van der Waals surface area contributed by atoms with Crippen molar-refractivity contribution in [2.75, 3.05) is 6.61 Å². The number of hydrogen-bond donors (Lipinski definition) is 1. The summed E-state index contributed by atoms with van der Waals surface area (Å²) < 4.78 is 5.15. The number of esters is 1. The molecule has 172 valence electrons. The van der Waals surface area contributed by atoms with Crippen molar-refractivity contribution in [1.82, 2.24) is 10.2 Å². The maximum absolute atomic E-state index is 12.3. The number of carbonyl (C=O) groups is 4. The molecule has 1 atom stereocenters. The van der Waals surface area contributed by atoms with Gasteiger partial charge in [-0.05, 0) is 67.0 Å². The van der Waals surface area contributed by atoms with Gasteiger partial charge in [-0.25, -0.2) is 4.79 Å². The highest BCUT2D eigenvalue weighted by atomic mass is 16.5. The summed E-state index contributed by atoms with van der Waals surface area (Å²) in [5.74, 6) is -1.33. The molecule has 1 aliphatic heterocycles. The van der Waals surface area contributed by atoms with Gasteiger partial charge in [0.1, 0.15) is 0 Å². The van der Waals surface area contributed by atoms with Crippen molar-refractivity contribution in [3.8, 4) is 0 Å². The van der Waals surface area contributed by atoms with Gasteiger partial charge in [0.2, 0.25) is 11.8 Å². The average Bonchev–Trinajstić information content (AvgIpc) is 3.14. The summed E-state index contributed by atoms with van der Waals surface area (Å²) in [6, 6.07) is 12.7. The van der Waals surface area contributed by atoms with E-state index < -0.39 is 5.97 Å². The zero-order chi connectivity index (χ0) is 23.4. The molecule has 1 saturated heterocycles. The van der Waals surface area contributed by atoms with Crippen LogP contribution in [0.4, 0.5) is 0 Å². The number of ether oxygens (including phenoxy) is 1. The molecular weight excluding hydrogens is 420 g/mol. The van der Waals surface area contributed by atoms with Crippen LogP contribution in [0.15, 0.2) is 42.5 Å². The molecule has 1 fully saturated rings. The molecule has 2 aromatic rings. The van der Waals surface area contributed by atoms with Gasteiger partial charge in [0, 0.05) is 12.8 Å². The summed E-state index contributed by atoms with van der Waals surface area (Å²) >= 11 is 0. The Kier molecular flexibility index (Phi) is 6.87. The number of carbonyl (C=O) groups excluding carboxylic acids is 4. The van der Waals surface area contributed by atoms with Crippen LogP contribution in [0.2, 0.25) is 0 Å². The predicted molar refractivity (Wildman–Crippen MR) is 121 cm³/mol. The van der Waals surface area contributed by atoms with Crippen LogP contribution in [-0.4, -0.2) is 35.2 Å². The summed E-state index contributed by atoms with van der Waals surface area (Å²) in [7, 11) is 0. The molecule has 1 N–H and O–H groups in total. The van der Waals surface area contributed by atoms with Gasteiger partial charge in [-0.15, -0.1) is 0 Å². The molecule has 33 heavy (non-hydrogen) atoms. The van der Waals surface area contributed by atoms with Crippen LogP contribution in [0.1, 0.15) is 71.3 Å². The van der Waals surface area contributed by atoms with E-state index >= 15 is 0 Å². The zero-order valence-electron chi connectivity index (χ0n) is 18.8. The second kappa shape index (κ2) is 9.98. The number of nitrogens with zero attached hydrogens (tertiary/aromatic N) is 1. The maximum Gasteiger partial charge on any atom is 0.338 e. The number of hydrogen-bond acceptors (Lipinski definition) is 5. The average molecular weight is 449 g/mol. The number of aryl methyl sites for hydroxylation is 2. The third-order valence-corrected chi connectivity index (χ3v) is 6.27. The Balaban J connectivity index is 1.26. The second-order valence-electron chi connectivity index (χ2n) is 8.67. The normalized spacial score (nSPS) is 16.3. The highest BCUT2D eigenvalue weighted by molar-refractivity contribution is 6.01. The van der Waals surface area contributed by atoms with Gasteiger partial charge in [0.05, 0.1) is 18.2 Å². The van der Waals surface area contributed by atoms with Crippen LogP contribution >= 0.6 is 0 Å². The van der Waals surface area contributed by atoms with Crippen molar-refractivity contribution >= 4 is 23.7 Å². The van der Waals surface area contributed by atoms with Crippen molar-refractivity contribution in [1.29, 1.82) is 0 Å². The fourth-order valence-corrected chi connectivity index (χ4v) is 4.33. The quantitative estimate of drug-likeness (QED) is 0.519. The number of benzene rings is 2. The minimum atomic E-state index is -0.605. The first-order valence-corrected chi connectivity index (χ1v) is 11.4. The zero-order valence-corrected chi connectivity index (χ0v) is 18.8. The monoisotopic (exact) mass is 448 g/mol. The van der Waals surface area contributed by atoms with Gasteiger partial charge < -0.3 is 10.1 Å². The highest BCUT2D eigenvalue weighted by Gasteiger charge is 2.28. The SMILES string of the molecule is CC(NC(=O)COC(=O)c1ccc(CN2C(=O)CCC2=O)cc1)c1ccc2c(c1)CCCC2. The van der Waals surface area contributed by atoms with Gasteiger partial charge >= 0.3 is 5.97 Å². The second-order valence-corrected chi connectivity index (χ2v) is 8.67. The van der Waals surface area contributed by atoms with Crippen LogP contribution < -0.4 is 5.32 Å². The molecule has 2 aromatic carbocycles. The van der Waals surface area contributed by atoms with Crippen LogP contribution in [0, 0.1) is 0 Å². The van der Waals surface area contributed by atoms with E-state index in [1.807, 2.05) is 13.0 Å². The molecule has 1 aliphatic carbocycles. The van der Waals surface area contributed by atoms with E-state index in [1.165, 1.54) is 28.9 Å². The number of amides is 3. The van der Waals surface area contributed by atoms with E-state index in [0.29, 0.717) is 5.56 Å². The summed E-state index contributed by atoms with van der Waals surface area (Å²) in [5, 5.41) is 2.88. The number of rotatable bonds is 7. The first-order valence-electron chi connectivity index (χ1n) is 11.4. The first kappa shape index (κ1) is 22.7. The van der Waals surface area contributed by atoms with Gasteiger partial charge in [0.25, 0.3) is 5.91 Å². The molecule has 3 amide bonds. The molecule has 7 heteroatoms. The Bertz CT molecular complexity index is 1060. The minimum absolute atomic E-state index is 0.181. The summed E-state index contributed by atoms with van der Waals surface area (Å²) in [5.41, 5.74) is 4.83. The minimum Gasteiger partial charge on any atom is -0.452 e. The van der Waals surface area contributed by atoms with Crippen molar-refractivity contribution in [3.05, 3.63) is 70.3 Å². The molecule has 7 nitrogen and oxygen atoms in total. The van der Waals surface area contributed by atoms with E-state index in [1.54, 1.807) is 24.3 Å². The van der Waals surface area contributed by atoms with Gasteiger partial charge in [-0.3, -0.25) is 19.3 Å². The van der Waals surface area contributed by atoms with E-state index in [-0.39, 0.29) is 49.8 Å². The molecule has 1 heterocycles. The van der Waals surface area contributed by atoms with E-state index in [0.717, 1.165) is 24.0 Å². The third kappa shape index (κ3) is 5.48. The highest BCUT2D eigenvalue weighted by Crippen LogP contribution is 2.24. The molecule has 0 spiro atoms. The Morgan fingerprint density at radius 2 is 1.61 bits per heavy atom. The topological polar surface area (TPSA) is 92.8 Å². The number of imide groups is 1. The van der Waals surface area contributed by atoms with Crippen molar-refractivity contribution in [2.45, 2.75) is 58.0 Å². The standard InChI is InChI=1S/C26H28N2O5/c1-17(21-11-10-19-4-2-3-5-22(19)14-21)27-23(29)16-33-26(32)20-8-6-18(7-9-20)15-28-24(30)12-13-25(28)31/h6-11,14,17H,2-5,12-13,15-16H2,1H3,(H,27,29). The van der Waals surface area contributed by atoms with E-state index in [4.69, 9.17) is 4.74 Å². The van der Waals surface area contributed by atoms with Crippen LogP contribution in [0.5, 0.6) is 0 Å². The molecule has 2 aliphatic rings. The lowest BCUT2D eigenvalue weighted by molar-refractivity contribution is -0.139. The fraction of sp³-hybridized carbons (Fsp3) is 0.385. The number of nitrogens with one attached hydrogen (secondary N) is 1. The molecular formula is C26H28N2O5.